The molecule has 8 heteroatoms. The monoisotopic (exact) mass is 366 g/mol. The summed E-state index contributed by atoms with van der Waals surface area (Å²) >= 11 is 5.86. The Kier molecular flexibility index (Phi) is 6.78. The first-order valence-corrected chi connectivity index (χ1v) is 8.46. The second-order valence-electron chi connectivity index (χ2n) is 6.17. The van der Waals surface area contributed by atoms with E-state index in [0.29, 0.717) is 23.7 Å². The minimum absolute atomic E-state index is 0.230. The SMILES string of the molecule is C[C@H](NC(=O)[C@H]1CC(c2ccc(Cl)cc2)=NO1)C(=O)NCCN(C)C. The van der Waals surface area contributed by atoms with Crippen LogP contribution in [0, 0.1) is 0 Å². The molecule has 0 spiro atoms. The van der Waals surface area contributed by atoms with E-state index >= 15 is 0 Å². The first kappa shape index (κ1) is 19.2. The van der Waals surface area contributed by atoms with Crippen molar-refractivity contribution in [3.8, 4) is 0 Å². The molecule has 25 heavy (non-hydrogen) atoms. The summed E-state index contributed by atoms with van der Waals surface area (Å²) in [4.78, 5) is 31.4. The average Bonchev–Trinajstić information content (AvgIpc) is 3.05. The van der Waals surface area contributed by atoms with Crippen LogP contribution in [0.1, 0.15) is 18.9 Å². The molecular weight excluding hydrogens is 344 g/mol. The van der Waals surface area contributed by atoms with E-state index in [4.69, 9.17) is 16.4 Å². The molecule has 1 aliphatic heterocycles. The Morgan fingerprint density at radius 3 is 2.68 bits per heavy atom. The van der Waals surface area contributed by atoms with Crippen molar-refractivity contribution in [2.45, 2.75) is 25.5 Å². The second-order valence-corrected chi connectivity index (χ2v) is 6.60. The Bertz CT molecular complexity index is 646. The van der Waals surface area contributed by atoms with Crippen LogP contribution >= 0.6 is 11.6 Å². The highest BCUT2D eigenvalue weighted by atomic mass is 35.5. The summed E-state index contributed by atoms with van der Waals surface area (Å²) in [6.45, 7) is 2.89. The minimum atomic E-state index is -0.734. The van der Waals surface area contributed by atoms with Crippen molar-refractivity contribution in [3.05, 3.63) is 34.9 Å². The van der Waals surface area contributed by atoms with Gasteiger partial charge in [0.05, 0.1) is 5.71 Å². The molecule has 7 nitrogen and oxygen atoms in total. The Balaban J connectivity index is 1.80. The Morgan fingerprint density at radius 2 is 2.04 bits per heavy atom. The summed E-state index contributed by atoms with van der Waals surface area (Å²) in [7, 11) is 3.85. The lowest BCUT2D eigenvalue weighted by Crippen LogP contribution is -2.49. The van der Waals surface area contributed by atoms with Crippen LogP contribution in [0.4, 0.5) is 0 Å². The number of hydrogen-bond acceptors (Lipinski definition) is 5. The van der Waals surface area contributed by atoms with Crippen LogP contribution in [0.15, 0.2) is 29.4 Å². The Hall–Kier alpha value is -2.12. The lowest BCUT2D eigenvalue weighted by atomic mass is 10.0. The van der Waals surface area contributed by atoms with Crippen molar-refractivity contribution in [2.75, 3.05) is 27.2 Å². The minimum Gasteiger partial charge on any atom is -0.382 e. The van der Waals surface area contributed by atoms with Gasteiger partial charge in [0, 0.05) is 24.5 Å². The summed E-state index contributed by atoms with van der Waals surface area (Å²) in [6.07, 6.45) is -0.384. The predicted molar refractivity (Wildman–Crippen MR) is 96.6 cm³/mol. The molecule has 0 aromatic heterocycles. The fraction of sp³-hybridized carbons (Fsp3) is 0.471. The van der Waals surface area contributed by atoms with Gasteiger partial charge in [-0.3, -0.25) is 9.59 Å². The summed E-state index contributed by atoms with van der Waals surface area (Å²) in [6, 6.07) is 6.52. The zero-order valence-corrected chi connectivity index (χ0v) is 15.3. The summed E-state index contributed by atoms with van der Waals surface area (Å²) in [5.74, 6) is -0.588. The molecule has 2 rings (SSSR count). The van der Waals surface area contributed by atoms with Crippen LogP contribution in [0.25, 0.3) is 0 Å². The third-order valence-electron chi connectivity index (χ3n) is 3.75. The van der Waals surface area contributed by atoms with Crippen LogP contribution in [0.5, 0.6) is 0 Å². The number of likely N-dealkylation sites (N-methyl/N-ethyl adjacent to an activating group) is 1. The quantitative estimate of drug-likeness (QED) is 0.754. The molecule has 0 bridgehead atoms. The lowest BCUT2D eigenvalue weighted by Gasteiger charge is -2.17. The van der Waals surface area contributed by atoms with Crippen LogP contribution in [0.2, 0.25) is 5.02 Å². The Morgan fingerprint density at radius 1 is 1.36 bits per heavy atom. The van der Waals surface area contributed by atoms with Gasteiger partial charge in [-0.2, -0.15) is 0 Å². The number of nitrogens with zero attached hydrogens (tertiary/aromatic N) is 2. The van der Waals surface area contributed by atoms with Crippen molar-refractivity contribution in [1.82, 2.24) is 15.5 Å². The molecule has 1 aromatic carbocycles. The van der Waals surface area contributed by atoms with Crippen molar-refractivity contribution >= 4 is 29.1 Å². The van der Waals surface area contributed by atoms with Gasteiger partial charge in [0.15, 0.2) is 0 Å². The Labute approximate surface area is 152 Å². The molecule has 1 heterocycles. The molecule has 0 radical (unpaired) electrons. The maximum Gasteiger partial charge on any atom is 0.264 e. The lowest BCUT2D eigenvalue weighted by molar-refractivity contribution is -0.135. The van der Waals surface area contributed by atoms with Crippen molar-refractivity contribution in [2.24, 2.45) is 5.16 Å². The van der Waals surface area contributed by atoms with Gasteiger partial charge < -0.3 is 20.4 Å². The van der Waals surface area contributed by atoms with Crippen LogP contribution in [0.3, 0.4) is 0 Å². The standard InChI is InChI=1S/C17H23ClN4O3/c1-11(16(23)19-8-9-22(2)3)20-17(24)15-10-14(21-25-15)12-4-6-13(18)7-5-12/h4-7,11,15H,8-10H2,1-3H3,(H,19,23)(H,20,24)/t11-,15+/m0/s1. The number of hydrogen-bond donors (Lipinski definition) is 2. The van der Waals surface area contributed by atoms with Gasteiger partial charge in [0.1, 0.15) is 6.04 Å². The first-order valence-electron chi connectivity index (χ1n) is 8.08. The van der Waals surface area contributed by atoms with Crippen LogP contribution in [-0.4, -0.2) is 61.8 Å². The van der Waals surface area contributed by atoms with E-state index in [0.717, 1.165) is 12.1 Å². The third-order valence-corrected chi connectivity index (χ3v) is 4.00. The van der Waals surface area contributed by atoms with Crippen LogP contribution < -0.4 is 10.6 Å². The topological polar surface area (TPSA) is 83.0 Å². The smallest absolute Gasteiger partial charge is 0.264 e. The maximum atomic E-state index is 12.3. The molecule has 2 atom stereocenters. The number of benzene rings is 1. The highest BCUT2D eigenvalue weighted by Crippen LogP contribution is 2.18. The fourth-order valence-electron chi connectivity index (χ4n) is 2.26. The molecule has 1 aromatic rings. The highest BCUT2D eigenvalue weighted by molar-refractivity contribution is 6.30. The molecule has 136 valence electrons. The molecule has 0 fully saturated rings. The average molecular weight is 367 g/mol. The highest BCUT2D eigenvalue weighted by Gasteiger charge is 2.30. The van der Waals surface area contributed by atoms with E-state index in [1.165, 1.54) is 0 Å². The summed E-state index contributed by atoms with van der Waals surface area (Å²) in [5, 5.41) is 10.0. The second kappa shape index (κ2) is 8.82. The number of carbonyl (C=O) groups excluding carboxylic acids is 2. The van der Waals surface area contributed by atoms with Gasteiger partial charge in [0.25, 0.3) is 5.91 Å². The normalized spacial score (nSPS) is 17.6. The predicted octanol–water partition coefficient (Wildman–Crippen LogP) is 1.02. The molecule has 0 aliphatic carbocycles. The van der Waals surface area contributed by atoms with Gasteiger partial charge in [-0.05, 0) is 38.7 Å². The van der Waals surface area contributed by atoms with E-state index in [2.05, 4.69) is 15.8 Å². The molecular formula is C17H23ClN4O3. The van der Waals surface area contributed by atoms with E-state index in [-0.39, 0.29) is 11.8 Å². The number of carbonyl (C=O) groups is 2. The zero-order chi connectivity index (χ0) is 18.4. The summed E-state index contributed by atoms with van der Waals surface area (Å²) in [5.41, 5.74) is 1.54. The largest absolute Gasteiger partial charge is 0.382 e. The van der Waals surface area contributed by atoms with Crippen LogP contribution in [-0.2, 0) is 14.4 Å². The summed E-state index contributed by atoms with van der Waals surface area (Å²) < 4.78 is 0. The van der Waals surface area contributed by atoms with Gasteiger partial charge >= 0.3 is 0 Å². The molecule has 2 amide bonds. The van der Waals surface area contributed by atoms with Crippen molar-refractivity contribution in [3.63, 3.8) is 0 Å². The van der Waals surface area contributed by atoms with E-state index in [9.17, 15) is 9.59 Å². The van der Waals surface area contributed by atoms with Gasteiger partial charge in [-0.25, -0.2) is 0 Å². The van der Waals surface area contributed by atoms with Gasteiger partial charge in [0.2, 0.25) is 12.0 Å². The fourth-order valence-corrected chi connectivity index (χ4v) is 2.38. The number of oxime groups is 1. The third kappa shape index (κ3) is 5.72. The molecule has 0 unspecified atom stereocenters. The van der Waals surface area contributed by atoms with Crippen molar-refractivity contribution < 1.29 is 14.4 Å². The number of halogens is 1. The molecule has 1 aliphatic rings. The first-order chi connectivity index (χ1) is 11.9. The number of rotatable bonds is 7. The molecule has 0 saturated carbocycles. The van der Waals surface area contributed by atoms with E-state index in [1.807, 2.05) is 31.1 Å². The van der Waals surface area contributed by atoms with Gasteiger partial charge in [-0.15, -0.1) is 0 Å². The van der Waals surface area contributed by atoms with E-state index < -0.39 is 12.1 Å². The van der Waals surface area contributed by atoms with Crippen molar-refractivity contribution in [1.29, 1.82) is 0 Å². The van der Waals surface area contributed by atoms with E-state index in [1.54, 1.807) is 19.1 Å². The number of amides is 2. The molecule has 2 N–H and O–H groups in total. The number of nitrogens with one attached hydrogen (secondary N) is 2. The maximum absolute atomic E-state index is 12.3. The van der Waals surface area contributed by atoms with Gasteiger partial charge in [-0.1, -0.05) is 28.9 Å². The molecule has 0 saturated heterocycles. The zero-order valence-electron chi connectivity index (χ0n) is 14.6.